The summed E-state index contributed by atoms with van der Waals surface area (Å²) in [6, 6.07) is 17.6. The molecule has 11 heteroatoms. The van der Waals surface area contributed by atoms with Gasteiger partial charge in [0.2, 0.25) is 0 Å². The Labute approximate surface area is 246 Å². The van der Waals surface area contributed by atoms with Crippen LogP contribution in [0.3, 0.4) is 0 Å². The van der Waals surface area contributed by atoms with Crippen molar-refractivity contribution < 1.29 is 27.2 Å². The van der Waals surface area contributed by atoms with Gasteiger partial charge in [0, 0.05) is 30.8 Å². The van der Waals surface area contributed by atoms with Crippen LogP contribution in [0.15, 0.2) is 72.1 Å². The standard InChI is InChI=1S/C24H28N4O3.C7H8O3S/c1-7-27-22-23(26-18-12-10-9-11-17(18)25-22)28(8-2)24(27)15(3)21-19(30-5)13-16(29-4)14-20(21)31-6;1-6-2-4-7(5-3-6)11(8,9)10/h9-14,24H,3,7-8H2,1-2,4-6H3;2-5H,1H3,(H,8,9,10). The Bertz CT molecular complexity index is 1620. The van der Waals surface area contributed by atoms with Gasteiger partial charge in [-0.05, 0) is 45.0 Å². The molecule has 0 spiro atoms. The van der Waals surface area contributed by atoms with Crippen LogP contribution < -0.4 is 24.0 Å². The summed E-state index contributed by atoms with van der Waals surface area (Å²) >= 11 is 0. The second-order valence-electron chi connectivity index (χ2n) is 9.53. The average Bonchev–Trinajstić information content (AvgIpc) is 3.31. The minimum atomic E-state index is -4.02. The SMILES string of the molecule is C=C(c1c(OC)cc(OC)cc1OC)C1N(CC)c2nc3ccccc3nc2N1CC.Cc1ccc(S(=O)(=O)O)cc1. The van der Waals surface area contributed by atoms with Crippen LogP contribution in [0, 0.1) is 6.92 Å². The van der Waals surface area contributed by atoms with Gasteiger partial charge < -0.3 is 24.0 Å². The molecule has 4 aromatic rings. The molecule has 0 aliphatic carbocycles. The van der Waals surface area contributed by atoms with E-state index in [4.69, 9.17) is 28.7 Å². The largest absolute Gasteiger partial charge is 0.496 e. The van der Waals surface area contributed by atoms with E-state index in [-0.39, 0.29) is 11.1 Å². The Morgan fingerprint density at radius 2 is 1.33 bits per heavy atom. The zero-order valence-corrected chi connectivity index (χ0v) is 25.5. The highest BCUT2D eigenvalue weighted by molar-refractivity contribution is 7.85. The van der Waals surface area contributed by atoms with Gasteiger partial charge in [-0.3, -0.25) is 4.55 Å². The average molecular weight is 593 g/mol. The molecule has 2 heterocycles. The fourth-order valence-electron chi connectivity index (χ4n) is 4.95. The van der Waals surface area contributed by atoms with Crippen molar-refractivity contribution in [3.05, 3.63) is 78.4 Å². The number of anilines is 2. The summed E-state index contributed by atoms with van der Waals surface area (Å²) in [5.74, 6) is 3.68. The molecule has 1 aromatic heterocycles. The highest BCUT2D eigenvalue weighted by Gasteiger charge is 2.40. The predicted octanol–water partition coefficient (Wildman–Crippen LogP) is 5.60. The fourth-order valence-corrected chi connectivity index (χ4v) is 5.43. The summed E-state index contributed by atoms with van der Waals surface area (Å²) in [6.45, 7) is 12.1. The van der Waals surface area contributed by atoms with Gasteiger partial charge in [0.15, 0.2) is 11.6 Å². The lowest BCUT2D eigenvalue weighted by atomic mass is 10.0. The summed E-state index contributed by atoms with van der Waals surface area (Å²) < 4.78 is 46.4. The van der Waals surface area contributed by atoms with Gasteiger partial charge in [0.1, 0.15) is 23.4 Å². The highest BCUT2D eigenvalue weighted by Crippen LogP contribution is 2.46. The molecule has 42 heavy (non-hydrogen) atoms. The first-order valence-electron chi connectivity index (χ1n) is 13.4. The number of ether oxygens (including phenoxy) is 3. The fraction of sp³-hybridized carbons (Fsp3) is 0.290. The number of para-hydroxylation sites is 2. The van der Waals surface area contributed by atoms with Crippen LogP contribution in [0.4, 0.5) is 11.6 Å². The van der Waals surface area contributed by atoms with E-state index in [1.54, 1.807) is 33.5 Å². The maximum absolute atomic E-state index is 10.5. The van der Waals surface area contributed by atoms with Gasteiger partial charge in [-0.25, -0.2) is 9.97 Å². The van der Waals surface area contributed by atoms with Crippen molar-refractivity contribution in [1.82, 2.24) is 9.97 Å². The molecule has 1 aliphatic rings. The zero-order chi connectivity index (χ0) is 30.6. The van der Waals surface area contributed by atoms with Gasteiger partial charge in [-0.15, -0.1) is 0 Å². The second-order valence-corrected chi connectivity index (χ2v) is 10.9. The van der Waals surface area contributed by atoms with E-state index >= 15 is 0 Å². The van der Waals surface area contributed by atoms with Crippen LogP contribution in [0.5, 0.6) is 17.2 Å². The highest BCUT2D eigenvalue weighted by atomic mass is 32.2. The number of aryl methyl sites for hydroxylation is 1. The van der Waals surface area contributed by atoms with E-state index in [1.165, 1.54) is 12.1 Å². The Balaban J connectivity index is 0.000000310. The van der Waals surface area contributed by atoms with Gasteiger partial charge >= 0.3 is 0 Å². The van der Waals surface area contributed by atoms with Crippen molar-refractivity contribution in [3.63, 3.8) is 0 Å². The molecule has 0 atom stereocenters. The minimum absolute atomic E-state index is 0.0666. The topological polar surface area (TPSA) is 114 Å². The lowest BCUT2D eigenvalue weighted by molar-refractivity contribution is 0.373. The second kappa shape index (κ2) is 12.7. The van der Waals surface area contributed by atoms with Crippen LogP contribution in [0.25, 0.3) is 16.6 Å². The molecule has 10 nitrogen and oxygen atoms in total. The van der Waals surface area contributed by atoms with Crippen LogP contribution in [0.1, 0.15) is 25.0 Å². The van der Waals surface area contributed by atoms with E-state index in [0.717, 1.165) is 52.5 Å². The monoisotopic (exact) mass is 592 g/mol. The van der Waals surface area contributed by atoms with Gasteiger partial charge in [-0.1, -0.05) is 36.4 Å². The van der Waals surface area contributed by atoms with E-state index < -0.39 is 10.1 Å². The molecule has 1 aliphatic heterocycles. The number of aromatic nitrogens is 2. The third-order valence-electron chi connectivity index (χ3n) is 7.02. The molecule has 0 radical (unpaired) electrons. The molecule has 3 aromatic carbocycles. The number of hydrogen-bond donors (Lipinski definition) is 1. The molecule has 0 fully saturated rings. The number of hydrogen-bond acceptors (Lipinski definition) is 9. The lowest BCUT2D eigenvalue weighted by Crippen LogP contribution is -2.44. The van der Waals surface area contributed by atoms with Crippen LogP contribution in [-0.4, -0.2) is 63.5 Å². The van der Waals surface area contributed by atoms with Gasteiger partial charge in [0.05, 0.1) is 42.8 Å². The third kappa shape index (κ3) is 5.97. The summed E-state index contributed by atoms with van der Waals surface area (Å²) in [4.78, 5) is 14.3. The molecular weight excluding hydrogens is 556 g/mol. The summed E-state index contributed by atoms with van der Waals surface area (Å²) in [5.41, 5.74) is 4.37. The predicted molar refractivity (Wildman–Crippen MR) is 165 cm³/mol. The van der Waals surface area contributed by atoms with Crippen LogP contribution in [0.2, 0.25) is 0 Å². The zero-order valence-electron chi connectivity index (χ0n) is 24.7. The Morgan fingerprint density at radius 3 is 1.71 bits per heavy atom. The number of nitrogens with zero attached hydrogens (tertiary/aromatic N) is 4. The molecule has 0 saturated heterocycles. The first-order chi connectivity index (χ1) is 20.1. The number of benzene rings is 3. The quantitative estimate of drug-likeness (QED) is 0.259. The van der Waals surface area contributed by atoms with Crippen molar-refractivity contribution in [2.75, 3.05) is 44.2 Å². The molecule has 0 saturated carbocycles. The van der Waals surface area contributed by atoms with E-state index in [2.05, 4.69) is 30.2 Å². The van der Waals surface area contributed by atoms with Crippen LogP contribution >= 0.6 is 0 Å². The molecule has 5 rings (SSSR count). The number of fused-ring (bicyclic) bond motifs is 2. The molecule has 222 valence electrons. The van der Waals surface area contributed by atoms with E-state index in [0.29, 0.717) is 17.2 Å². The first-order valence-corrected chi connectivity index (χ1v) is 14.8. The minimum Gasteiger partial charge on any atom is -0.496 e. The molecular formula is C31H36N4O6S. The molecule has 0 unspecified atom stereocenters. The smallest absolute Gasteiger partial charge is 0.294 e. The van der Waals surface area contributed by atoms with E-state index in [9.17, 15) is 8.42 Å². The number of likely N-dealkylation sites (N-methyl/N-ethyl adjacent to an activating group) is 2. The first kappa shape index (κ1) is 30.6. The Hall–Kier alpha value is -4.35. The van der Waals surface area contributed by atoms with E-state index in [1.807, 2.05) is 43.3 Å². The van der Waals surface area contributed by atoms with Crippen molar-refractivity contribution in [2.45, 2.75) is 31.8 Å². The normalized spacial score (nSPS) is 12.9. The van der Waals surface area contributed by atoms with Crippen molar-refractivity contribution in [2.24, 2.45) is 0 Å². The van der Waals surface area contributed by atoms with Crippen LogP contribution in [-0.2, 0) is 10.1 Å². The maximum atomic E-state index is 10.5. The molecule has 0 amide bonds. The van der Waals surface area contributed by atoms with Gasteiger partial charge in [0.25, 0.3) is 10.1 Å². The van der Waals surface area contributed by atoms with Gasteiger partial charge in [-0.2, -0.15) is 8.42 Å². The third-order valence-corrected chi connectivity index (χ3v) is 7.88. The maximum Gasteiger partial charge on any atom is 0.294 e. The summed E-state index contributed by atoms with van der Waals surface area (Å²) in [6.07, 6.45) is -0.169. The lowest BCUT2D eigenvalue weighted by Gasteiger charge is -2.33. The number of rotatable bonds is 8. The molecule has 1 N–H and O–H groups in total. The number of methoxy groups -OCH3 is 3. The van der Waals surface area contributed by atoms with Crippen molar-refractivity contribution in [1.29, 1.82) is 0 Å². The summed E-state index contributed by atoms with van der Waals surface area (Å²) in [5, 5.41) is 0. The Morgan fingerprint density at radius 1 is 0.857 bits per heavy atom. The Kier molecular flexibility index (Phi) is 9.23. The molecule has 0 bridgehead atoms. The van der Waals surface area contributed by atoms with Crippen molar-refractivity contribution >= 4 is 38.4 Å². The summed E-state index contributed by atoms with van der Waals surface area (Å²) in [7, 11) is 0.878. The van der Waals surface area contributed by atoms with Crippen molar-refractivity contribution in [3.8, 4) is 17.2 Å².